The highest BCUT2D eigenvalue weighted by atomic mass is 16.5. The molecule has 1 N–H and O–H groups in total. The minimum Gasteiger partial charge on any atom is -0.507 e. The number of nitrogens with zero attached hydrogens (tertiary/aromatic N) is 2. The number of aliphatic hydroxyl groups excluding tert-OH is 1. The third-order valence-electron chi connectivity index (χ3n) is 7.16. The van der Waals surface area contributed by atoms with Crippen LogP contribution in [-0.4, -0.2) is 72.6 Å². The number of aryl methyl sites for hydroxylation is 1. The van der Waals surface area contributed by atoms with E-state index in [1.165, 1.54) is 0 Å². The Morgan fingerprint density at radius 1 is 1.02 bits per heavy atom. The fourth-order valence-corrected chi connectivity index (χ4v) is 4.88. The second kappa shape index (κ2) is 14.2. The van der Waals surface area contributed by atoms with Crippen LogP contribution in [0.5, 0.6) is 17.2 Å². The van der Waals surface area contributed by atoms with Crippen molar-refractivity contribution in [2.75, 3.05) is 39.9 Å². The molecule has 1 fully saturated rings. The van der Waals surface area contributed by atoms with Crippen LogP contribution in [0.4, 0.5) is 0 Å². The number of likely N-dealkylation sites (tertiary alicyclic amines) is 1. The topological polar surface area (TPSA) is 88.5 Å². The Hall–Kier alpha value is -3.52. The summed E-state index contributed by atoms with van der Waals surface area (Å²) in [5.41, 5.74) is 1.99. The maximum Gasteiger partial charge on any atom is 0.295 e. The second-order valence-electron chi connectivity index (χ2n) is 10.3. The molecule has 1 atom stereocenters. The molecule has 2 aromatic carbocycles. The van der Waals surface area contributed by atoms with E-state index in [1.807, 2.05) is 26.8 Å². The SMILES string of the molecule is CCCCOc1ccc(C2/C(=C(\O)c3ccc(OC(C)C)c(C)c3)C(=O)C(=O)N2CCN(CC)CC)cc1OC. The molecule has 0 saturated carbocycles. The molecule has 218 valence electrons. The van der Waals surface area contributed by atoms with Gasteiger partial charge in [-0.15, -0.1) is 0 Å². The molecule has 3 rings (SSSR count). The fraction of sp³-hybridized carbons (Fsp3) is 0.500. The van der Waals surface area contributed by atoms with E-state index in [0.717, 1.165) is 31.5 Å². The summed E-state index contributed by atoms with van der Waals surface area (Å²) in [5.74, 6) is 0.258. The van der Waals surface area contributed by atoms with Crippen molar-refractivity contribution in [2.24, 2.45) is 0 Å². The number of ketones is 1. The van der Waals surface area contributed by atoms with Crippen LogP contribution in [-0.2, 0) is 9.59 Å². The predicted molar refractivity (Wildman–Crippen MR) is 157 cm³/mol. The summed E-state index contributed by atoms with van der Waals surface area (Å²) < 4.78 is 17.4. The molecule has 40 heavy (non-hydrogen) atoms. The highest BCUT2D eigenvalue weighted by molar-refractivity contribution is 6.46. The Balaban J connectivity index is 2.11. The lowest BCUT2D eigenvalue weighted by molar-refractivity contribution is -0.140. The fourth-order valence-electron chi connectivity index (χ4n) is 4.88. The molecular weight excluding hydrogens is 508 g/mol. The average Bonchev–Trinajstić information content (AvgIpc) is 3.19. The Bertz CT molecular complexity index is 1220. The molecule has 2 aromatic rings. The van der Waals surface area contributed by atoms with Crippen molar-refractivity contribution in [1.82, 2.24) is 9.80 Å². The number of methoxy groups -OCH3 is 1. The van der Waals surface area contributed by atoms with Crippen LogP contribution in [0.3, 0.4) is 0 Å². The smallest absolute Gasteiger partial charge is 0.295 e. The van der Waals surface area contributed by atoms with E-state index in [9.17, 15) is 14.7 Å². The molecule has 1 heterocycles. The largest absolute Gasteiger partial charge is 0.507 e. The van der Waals surface area contributed by atoms with Crippen molar-refractivity contribution < 1.29 is 28.9 Å². The first-order valence-corrected chi connectivity index (χ1v) is 14.3. The van der Waals surface area contributed by atoms with Crippen LogP contribution in [0.25, 0.3) is 5.76 Å². The predicted octanol–water partition coefficient (Wildman–Crippen LogP) is 5.73. The van der Waals surface area contributed by atoms with Crippen molar-refractivity contribution in [2.45, 2.75) is 66.5 Å². The van der Waals surface area contributed by atoms with Crippen LogP contribution in [0.2, 0.25) is 0 Å². The minimum absolute atomic E-state index is 0.00168. The molecule has 1 aliphatic rings. The molecule has 1 saturated heterocycles. The van der Waals surface area contributed by atoms with Crippen LogP contribution < -0.4 is 14.2 Å². The third-order valence-corrected chi connectivity index (χ3v) is 7.16. The Morgan fingerprint density at radius 3 is 2.33 bits per heavy atom. The Labute approximate surface area is 238 Å². The molecule has 8 nitrogen and oxygen atoms in total. The highest BCUT2D eigenvalue weighted by Gasteiger charge is 2.46. The number of carbonyl (C=O) groups is 2. The lowest BCUT2D eigenvalue weighted by atomic mass is 9.94. The number of unbranched alkanes of at least 4 members (excludes halogenated alkanes) is 1. The van der Waals surface area contributed by atoms with E-state index < -0.39 is 17.7 Å². The van der Waals surface area contributed by atoms with Gasteiger partial charge in [-0.25, -0.2) is 0 Å². The number of Topliss-reactive ketones (excluding diaryl/α,β-unsaturated/α-hetero) is 1. The number of ether oxygens (including phenoxy) is 3. The standard InChI is InChI=1S/C32H44N2O6/c1-8-11-18-39-26-15-12-23(20-27(26)38-7)29-28(31(36)32(37)34(29)17-16-33(9-2)10-3)30(35)24-13-14-25(22(6)19-24)40-21(4)5/h12-15,19-21,29,35H,8-11,16-18H2,1-7H3/b30-28+. The summed E-state index contributed by atoms with van der Waals surface area (Å²) in [5, 5.41) is 11.5. The number of amides is 1. The normalized spacial score (nSPS) is 16.7. The molecule has 0 spiro atoms. The number of aliphatic hydroxyl groups is 1. The molecule has 0 aliphatic carbocycles. The van der Waals surface area contributed by atoms with Crippen LogP contribution in [0.15, 0.2) is 42.0 Å². The van der Waals surface area contributed by atoms with E-state index in [0.29, 0.717) is 48.1 Å². The lowest BCUT2D eigenvalue weighted by Crippen LogP contribution is -2.38. The van der Waals surface area contributed by atoms with Crippen LogP contribution in [0, 0.1) is 6.92 Å². The van der Waals surface area contributed by atoms with Crippen molar-refractivity contribution in [3.05, 3.63) is 58.7 Å². The average molecular weight is 553 g/mol. The zero-order valence-corrected chi connectivity index (χ0v) is 25.0. The number of carbonyl (C=O) groups excluding carboxylic acids is 2. The van der Waals surface area contributed by atoms with Gasteiger partial charge in [0, 0.05) is 18.7 Å². The summed E-state index contributed by atoms with van der Waals surface area (Å²) in [6.45, 7) is 15.1. The van der Waals surface area contributed by atoms with Gasteiger partial charge in [0.1, 0.15) is 11.5 Å². The van der Waals surface area contributed by atoms with Gasteiger partial charge < -0.3 is 29.1 Å². The zero-order chi connectivity index (χ0) is 29.4. The van der Waals surface area contributed by atoms with Gasteiger partial charge >= 0.3 is 0 Å². The lowest BCUT2D eigenvalue weighted by Gasteiger charge is -2.28. The van der Waals surface area contributed by atoms with Crippen LogP contribution >= 0.6 is 0 Å². The van der Waals surface area contributed by atoms with Crippen LogP contribution in [0.1, 0.15) is 70.2 Å². The summed E-state index contributed by atoms with van der Waals surface area (Å²) in [6, 6.07) is 9.92. The maximum absolute atomic E-state index is 13.5. The minimum atomic E-state index is -0.777. The summed E-state index contributed by atoms with van der Waals surface area (Å²) in [7, 11) is 1.56. The Morgan fingerprint density at radius 2 is 1.73 bits per heavy atom. The quantitative estimate of drug-likeness (QED) is 0.139. The summed E-state index contributed by atoms with van der Waals surface area (Å²) in [6.07, 6.45) is 1.92. The maximum atomic E-state index is 13.5. The van der Waals surface area contributed by atoms with Crippen molar-refractivity contribution in [1.29, 1.82) is 0 Å². The first-order chi connectivity index (χ1) is 19.2. The van der Waals surface area contributed by atoms with E-state index in [2.05, 4.69) is 25.7 Å². The van der Waals surface area contributed by atoms with Gasteiger partial charge in [-0.1, -0.05) is 33.3 Å². The zero-order valence-electron chi connectivity index (χ0n) is 25.0. The van der Waals surface area contributed by atoms with Gasteiger partial charge in [-0.2, -0.15) is 0 Å². The van der Waals surface area contributed by atoms with Gasteiger partial charge in [-0.05, 0) is 81.7 Å². The molecule has 8 heteroatoms. The first-order valence-electron chi connectivity index (χ1n) is 14.3. The molecule has 1 aliphatic heterocycles. The van der Waals surface area contributed by atoms with Crippen molar-refractivity contribution in [3.63, 3.8) is 0 Å². The van der Waals surface area contributed by atoms with E-state index in [-0.39, 0.29) is 17.4 Å². The number of benzene rings is 2. The molecular formula is C32H44N2O6. The van der Waals surface area contributed by atoms with Gasteiger partial charge in [-0.3, -0.25) is 9.59 Å². The third kappa shape index (κ3) is 6.97. The number of hydrogen-bond donors (Lipinski definition) is 1. The van der Waals surface area contributed by atoms with E-state index in [4.69, 9.17) is 14.2 Å². The van der Waals surface area contributed by atoms with Gasteiger partial charge in [0.05, 0.1) is 31.4 Å². The van der Waals surface area contributed by atoms with E-state index >= 15 is 0 Å². The summed E-state index contributed by atoms with van der Waals surface area (Å²) in [4.78, 5) is 30.6. The van der Waals surface area contributed by atoms with Gasteiger partial charge in [0.15, 0.2) is 11.5 Å². The monoisotopic (exact) mass is 552 g/mol. The number of rotatable bonds is 14. The highest BCUT2D eigenvalue weighted by Crippen LogP contribution is 2.42. The number of likely N-dealkylation sites (N-methyl/N-ethyl adjacent to an activating group) is 1. The van der Waals surface area contributed by atoms with E-state index in [1.54, 1.807) is 42.3 Å². The molecule has 1 unspecified atom stereocenters. The molecule has 0 aromatic heterocycles. The van der Waals surface area contributed by atoms with Gasteiger partial charge in [0.25, 0.3) is 11.7 Å². The summed E-state index contributed by atoms with van der Waals surface area (Å²) >= 11 is 0. The number of hydrogen-bond acceptors (Lipinski definition) is 7. The first kappa shape index (κ1) is 31.0. The second-order valence-corrected chi connectivity index (χ2v) is 10.3. The molecule has 1 amide bonds. The Kier molecular flexibility index (Phi) is 11.0. The molecule has 0 bridgehead atoms. The van der Waals surface area contributed by atoms with Crippen molar-refractivity contribution in [3.8, 4) is 17.2 Å². The van der Waals surface area contributed by atoms with Crippen molar-refractivity contribution >= 4 is 17.4 Å². The molecule has 0 radical (unpaired) electrons. The van der Waals surface area contributed by atoms with Gasteiger partial charge in [0.2, 0.25) is 0 Å².